The Kier molecular flexibility index (Phi) is 1.95. The van der Waals surface area contributed by atoms with Crippen molar-refractivity contribution < 1.29 is 9.90 Å². The van der Waals surface area contributed by atoms with Gasteiger partial charge in [-0.25, -0.2) is 0 Å². The molecule has 2 heteroatoms. The standard InChI is InChI=1S/C13H18O2/c1-7(13(14)15)11-5-8-6-12(11)10-4-2-3-9(8)10/h7,10-12H,2-6H2,1H3,(H,14,15). The van der Waals surface area contributed by atoms with Crippen molar-refractivity contribution in [3.8, 4) is 0 Å². The van der Waals surface area contributed by atoms with Crippen LogP contribution in [0.4, 0.5) is 0 Å². The number of aliphatic carboxylic acids is 1. The SMILES string of the molecule is CC(C(=O)O)C1CC2=C3CCCC3C1C2. The molecule has 0 aromatic carbocycles. The van der Waals surface area contributed by atoms with Gasteiger partial charge < -0.3 is 5.11 Å². The number of carboxylic acids is 1. The molecule has 2 nitrogen and oxygen atoms in total. The summed E-state index contributed by atoms with van der Waals surface area (Å²) in [5, 5.41) is 9.09. The molecule has 4 atom stereocenters. The second kappa shape index (κ2) is 3.10. The Morgan fingerprint density at radius 1 is 1.47 bits per heavy atom. The first-order valence-electron chi connectivity index (χ1n) is 6.12. The Morgan fingerprint density at radius 3 is 3.00 bits per heavy atom. The summed E-state index contributed by atoms with van der Waals surface area (Å²) in [5.41, 5.74) is 3.37. The van der Waals surface area contributed by atoms with E-state index < -0.39 is 5.97 Å². The highest BCUT2D eigenvalue weighted by molar-refractivity contribution is 5.70. The Hall–Kier alpha value is -0.790. The first kappa shape index (κ1) is 9.44. The van der Waals surface area contributed by atoms with Gasteiger partial charge in [0.1, 0.15) is 0 Å². The molecule has 15 heavy (non-hydrogen) atoms. The fraction of sp³-hybridized carbons (Fsp3) is 0.769. The Balaban J connectivity index is 1.86. The Bertz CT molecular complexity index is 342. The van der Waals surface area contributed by atoms with Crippen molar-refractivity contribution in [2.24, 2.45) is 23.7 Å². The van der Waals surface area contributed by atoms with Crippen molar-refractivity contribution >= 4 is 5.97 Å². The largest absolute Gasteiger partial charge is 0.481 e. The molecule has 2 saturated carbocycles. The van der Waals surface area contributed by atoms with Crippen molar-refractivity contribution in [1.82, 2.24) is 0 Å². The van der Waals surface area contributed by atoms with Gasteiger partial charge in [-0.05, 0) is 49.9 Å². The van der Waals surface area contributed by atoms with Crippen molar-refractivity contribution in [3.63, 3.8) is 0 Å². The van der Waals surface area contributed by atoms with E-state index in [1.807, 2.05) is 6.92 Å². The maximum atomic E-state index is 11.0. The van der Waals surface area contributed by atoms with Crippen molar-refractivity contribution in [1.29, 1.82) is 0 Å². The highest BCUT2D eigenvalue weighted by Gasteiger charge is 2.49. The van der Waals surface area contributed by atoms with Crippen LogP contribution in [-0.4, -0.2) is 11.1 Å². The van der Waals surface area contributed by atoms with E-state index in [-0.39, 0.29) is 5.92 Å². The predicted molar refractivity (Wildman–Crippen MR) is 57.4 cm³/mol. The van der Waals surface area contributed by atoms with Crippen LogP contribution in [0.2, 0.25) is 0 Å². The van der Waals surface area contributed by atoms with E-state index in [1.165, 1.54) is 25.7 Å². The summed E-state index contributed by atoms with van der Waals surface area (Å²) in [6.45, 7) is 1.89. The van der Waals surface area contributed by atoms with E-state index in [4.69, 9.17) is 5.11 Å². The summed E-state index contributed by atoms with van der Waals surface area (Å²) in [5.74, 6) is 1.15. The molecule has 3 aliphatic rings. The highest BCUT2D eigenvalue weighted by Crippen LogP contribution is 2.58. The zero-order chi connectivity index (χ0) is 10.6. The van der Waals surface area contributed by atoms with Crippen LogP contribution >= 0.6 is 0 Å². The van der Waals surface area contributed by atoms with Gasteiger partial charge in [-0.15, -0.1) is 0 Å². The van der Waals surface area contributed by atoms with Crippen LogP contribution in [0.3, 0.4) is 0 Å². The first-order valence-corrected chi connectivity index (χ1v) is 6.12. The van der Waals surface area contributed by atoms with E-state index in [0.29, 0.717) is 11.8 Å². The number of carboxylic acid groups (broad SMARTS) is 1. The van der Waals surface area contributed by atoms with E-state index >= 15 is 0 Å². The van der Waals surface area contributed by atoms with Crippen molar-refractivity contribution in [2.75, 3.05) is 0 Å². The molecule has 0 spiro atoms. The maximum Gasteiger partial charge on any atom is 0.306 e. The Morgan fingerprint density at radius 2 is 2.27 bits per heavy atom. The molecular formula is C13H18O2. The lowest BCUT2D eigenvalue weighted by atomic mass is 9.75. The van der Waals surface area contributed by atoms with Crippen LogP contribution < -0.4 is 0 Å². The molecule has 0 saturated heterocycles. The van der Waals surface area contributed by atoms with Crippen LogP contribution in [0, 0.1) is 23.7 Å². The summed E-state index contributed by atoms with van der Waals surface area (Å²) >= 11 is 0. The van der Waals surface area contributed by atoms with Gasteiger partial charge in [0.15, 0.2) is 0 Å². The number of hydrogen-bond donors (Lipinski definition) is 1. The van der Waals surface area contributed by atoms with Crippen LogP contribution in [0.25, 0.3) is 0 Å². The number of carbonyl (C=O) groups is 1. The number of allylic oxidation sites excluding steroid dienone is 2. The lowest BCUT2D eigenvalue weighted by Gasteiger charge is -2.29. The summed E-state index contributed by atoms with van der Waals surface area (Å²) < 4.78 is 0. The molecular weight excluding hydrogens is 188 g/mol. The molecule has 3 aliphatic carbocycles. The second-order valence-electron chi connectivity index (χ2n) is 5.49. The van der Waals surface area contributed by atoms with Crippen LogP contribution in [0.1, 0.15) is 39.0 Å². The summed E-state index contributed by atoms with van der Waals surface area (Å²) in [4.78, 5) is 11.0. The smallest absolute Gasteiger partial charge is 0.306 e. The van der Waals surface area contributed by atoms with Gasteiger partial charge >= 0.3 is 5.97 Å². The number of hydrogen-bond acceptors (Lipinski definition) is 1. The molecule has 0 heterocycles. The zero-order valence-corrected chi connectivity index (χ0v) is 9.20. The molecule has 2 fully saturated rings. The average Bonchev–Trinajstić information content (AvgIpc) is 2.87. The van der Waals surface area contributed by atoms with Gasteiger partial charge in [-0.2, -0.15) is 0 Å². The monoisotopic (exact) mass is 206 g/mol. The quantitative estimate of drug-likeness (QED) is 0.705. The van der Waals surface area contributed by atoms with Crippen molar-refractivity contribution in [2.45, 2.75) is 39.0 Å². The minimum atomic E-state index is -0.604. The van der Waals surface area contributed by atoms with Gasteiger partial charge in [0.05, 0.1) is 5.92 Å². The molecule has 0 aromatic heterocycles. The predicted octanol–water partition coefficient (Wildman–Crippen LogP) is 2.84. The molecule has 0 aromatic rings. The molecule has 4 unspecified atom stereocenters. The fourth-order valence-corrected chi connectivity index (χ4v) is 4.17. The first-order chi connectivity index (χ1) is 7.18. The topological polar surface area (TPSA) is 37.3 Å². The van der Waals surface area contributed by atoms with E-state index in [9.17, 15) is 4.79 Å². The molecule has 1 N–H and O–H groups in total. The third-order valence-electron chi connectivity index (χ3n) is 4.93. The van der Waals surface area contributed by atoms with Gasteiger partial charge in [0, 0.05) is 0 Å². The third kappa shape index (κ3) is 1.20. The maximum absolute atomic E-state index is 11.0. The summed E-state index contributed by atoms with van der Waals surface area (Å²) in [6.07, 6.45) is 6.29. The highest BCUT2D eigenvalue weighted by atomic mass is 16.4. The molecule has 3 rings (SSSR count). The van der Waals surface area contributed by atoms with Crippen LogP contribution in [0.15, 0.2) is 11.1 Å². The van der Waals surface area contributed by atoms with Gasteiger partial charge in [0.25, 0.3) is 0 Å². The second-order valence-corrected chi connectivity index (χ2v) is 5.49. The van der Waals surface area contributed by atoms with E-state index in [0.717, 1.165) is 12.3 Å². The molecule has 0 aliphatic heterocycles. The Labute approximate surface area is 90.4 Å². The normalized spacial score (nSPS) is 39.7. The lowest BCUT2D eigenvalue weighted by Crippen LogP contribution is -2.28. The van der Waals surface area contributed by atoms with Crippen LogP contribution in [-0.2, 0) is 4.79 Å². The van der Waals surface area contributed by atoms with Gasteiger partial charge in [0.2, 0.25) is 0 Å². The minimum Gasteiger partial charge on any atom is -0.481 e. The van der Waals surface area contributed by atoms with Crippen LogP contribution in [0.5, 0.6) is 0 Å². The third-order valence-corrected chi connectivity index (χ3v) is 4.93. The van der Waals surface area contributed by atoms with Crippen molar-refractivity contribution in [3.05, 3.63) is 11.1 Å². The van der Waals surface area contributed by atoms with E-state index in [1.54, 1.807) is 11.1 Å². The molecule has 82 valence electrons. The lowest BCUT2D eigenvalue weighted by molar-refractivity contribution is -0.143. The number of rotatable bonds is 2. The van der Waals surface area contributed by atoms with Gasteiger partial charge in [-0.1, -0.05) is 18.1 Å². The average molecular weight is 206 g/mol. The molecule has 2 bridgehead atoms. The molecule has 0 amide bonds. The minimum absolute atomic E-state index is 0.144. The summed E-state index contributed by atoms with van der Waals surface area (Å²) in [7, 11) is 0. The van der Waals surface area contributed by atoms with E-state index in [2.05, 4.69) is 0 Å². The zero-order valence-electron chi connectivity index (χ0n) is 9.20. The molecule has 0 radical (unpaired) electrons. The number of fused-ring (bicyclic) bond motifs is 4. The van der Waals surface area contributed by atoms with Gasteiger partial charge in [-0.3, -0.25) is 4.79 Å². The summed E-state index contributed by atoms with van der Waals surface area (Å²) in [6, 6.07) is 0. The fourth-order valence-electron chi connectivity index (χ4n) is 4.17.